The van der Waals surface area contributed by atoms with Gasteiger partial charge in [-0.3, -0.25) is 4.79 Å². The van der Waals surface area contributed by atoms with E-state index >= 15 is 0 Å². The zero-order valence-electron chi connectivity index (χ0n) is 17.0. The number of carbonyl (C=O) groups is 2. The number of ether oxygens (including phenoxy) is 3. The first-order valence-electron chi connectivity index (χ1n) is 9.83. The summed E-state index contributed by atoms with van der Waals surface area (Å²) in [7, 11) is 1.47. The summed E-state index contributed by atoms with van der Waals surface area (Å²) in [4.78, 5) is 25.8. The lowest BCUT2D eigenvalue weighted by molar-refractivity contribution is -0.140. The van der Waals surface area contributed by atoms with Gasteiger partial charge in [0, 0.05) is 35.9 Å². The minimum atomic E-state index is -0.601. The fourth-order valence-corrected chi connectivity index (χ4v) is 3.89. The van der Waals surface area contributed by atoms with Crippen LogP contribution in [0.2, 0.25) is 0 Å². The molecule has 7 heteroatoms. The fourth-order valence-electron chi connectivity index (χ4n) is 3.89. The van der Waals surface area contributed by atoms with Gasteiger partial charge in [0.1, 0.15) is 6.61 Å². The van der Waals surface area contributed by atoms with Gasteiger partial charge < -0.3 is 24.6 Å². The molecule has 0 radical (unpaired) electrons. The van der Waals surface area contributed by atoms with Gasteiger partial charge in [0.15, 0.2) is 17.3 Å². The zero-order valence-corrected chi connectivity index (χ0v) is 17.0. The average molecular weight is 401 g/mol. The smallest absolute Gasteiger partial charge is 0.336 e. The molecule has 2 N–H and O–H groups in total. The molecule has 0 aromatic heterocycles. The van der Waals surface area contributed by atoms with Gasteiger partial charge in [-0.25, -0.2) is 4.79 Å². The van der Waals surface area contributed by atoms with Crippen molar-refractivity contribution in [2.45, 2.75) is 39.0 Å². The van der Waals surface area contributed by atoms with Crippen molar-refractivity contribution in [2.75, 3.05) is 26.9 Å². The Labute approximate surface area is 170 Å². The fraction of sp³-hybridized carbons (Fsp3) is 0.455. The number of Topliss-reactive ketones (excluding diaryl/α,β-unsaturated/α-hetero) is 1. The zero-order chi connectivity index (χ0) is 21.0. The van der Waals surface area contributed by atoms with Crippen molar-refractivity contribution in [3.05, 3.63) is 46.3 Å². The number of esters is 1. The first-order valence-corrected chi connectivity index (χ1v) is 9.83. The molecule has 0 bridgehead atoms. The maximum Gasteiger partial charge on any atom is 0.336 e. The van der Waals surface area contributed by atoms with Crippen LogP contribution in [0, 0.1) is 0 Å². The molecule has 29 heavy (non-hydrogen) atoms. The Morgan fingerprint density at radius 3 is 2.76 bits per heavy atom. The summed E-state index contributed by atoms with van der Waals surface area (Å²) in [6, 6.07) is 4.94. The van der Waals surface area contributed by atoms with Crippen molar-refractivity contribution < 1.29 is 28.9 Å². The van der Waals surface area contributed by atoms with Gasteiger partial charge in [-0.15, -0.1) is 0 Å². The second-order valence-electron chi connectivity index (χ2n) is 7.03. The lowest BCUT2D eigenvalue weighted by Crippen LogP contribution is -2.34. The Morgan fingerprint density at radius 2 is 2.07 bits per heavy atom. The van der Waals surface area contributed by atoms with E-state index in [0.717, 1.165) is 18.5 Å². The van der Waals surface area contributed by atoms with E-state index < -0.39 is 11.9 Å². The van der Waals surface area contributed by atoms with E-state index in [1.54, 1.807) is 25.1 Å². The normalized spacial score (nSPS) is 19.0. The summed E-state index contributed by atoms with van der Waals surface area (Å²) < 4.78 is 15.8. The summed E-state index contributed by atoms with van der Waals surface area (Å²) in [5.41, 5.74) is 3.08. The van der Waals surface area contributed by atoms with Crippen molar-refractivity contribution in [3.63, 3.8) is 0 Å². The largest absolute Gasteiger partial charge is 0.504 e. The number of carbonyl (C=O) groups excluding carboxylic acids is 2. The number of ketones is 1. The number of methoxy groups -OCH3 is 1. The van der Waals surface area contributed by atoms with Crippen molar-refractivity contribution in [2.24, 2.45) is 0 Å². The highest BCUT2D eigenvalue weighted by Gasteiger charge is 2.39. The molecular weight excluding hydrogens is 374 g/mol. The van der Waals surface area contributed by atoms with Crippen LogP contribution in [0.25, 0.3) is 0 Å². The van der Waals surface area contributed by atoms with Crippen LogP contribution in [0.1, 0.15) is 44.6 Å². The van der Waals surface area contributed by atoms with Crippen molar-refractivity contribution in [1.82, 2.24) is 5.32 Å². The maximum atomic E-state index is 12.9. The minimum Gasteiger partial charge on any atom is -0.504 e. The Kier molecular flexibility index (Phi) is 6.59. The molecule has 0 saturated carbocycles. The maximum absolute atomic E-state index is 12.9. The molecular formula is C22H27NO6. The van der Waals surface area contributed by atoms with E-state index in [1.807, 2.05) is 6.92 Å². The molecule has 1 aliphatic carbocycles. The van der Waals surface area contributed by atoms with Crippen LogP contribution in [0.15, 0.2) is 40.7 Å². The van der Waals surface area contributed by atoms with Gasteiger partial charge in [-0.2, -0.15) is 0 Å². The second kappa shape index (κ2) is 9.13. The number of hydrogen-bond acceptors (Lipinski definition) is 7. The van der Waals surface area contributed by atoms with Crippen LogP contribution in [0.5, 0.6) is 11.5 Å². The molecule has 0 fully saturated rings. The van der Waals surface area contributed by atoms with Gasteiger partial charge in [0.05, 0.1) is 19.3 Å². The monoisotopic (exact) mass is 401 g/mol. The van der Waals surface area contributed by atoms with E-state index in [-0.39, 0.29) is 18.1 Å². The number of phenols is 1. The number of allylic oxidation sites excluding steroid dienone is 3. The molecule has 1 aliphatic heterocycles. The first kappa shape index (κ1) is 20.9. The summed E-state index contributed by atoms with van der Waals surface area (Å²) >= 11 is 0. The molecule has 2 aliphatic rings. The third-order valence-corrected chi connectivity index (χ3v) is 5.20. The van der Waals surface area contributed by atoms with E-state index in [4.69, 9.17) is 14.2 Å². The molecule has 0 spiro atoms. The second-order valence-corrected chi connectivity index (χ2v) is 7.03. The highest BCUT2D eigenvalue weighted by Crippen LogP contribution is 2.44. The standard InChI is InChI=1S/C22H27NO6/c1-4-28-10-11-29-22(26)19-13(2)23-15-6-5-7-16(24)21(15)20(19)14-8-9-18(27-3)17(25)12-14/h8-9,12,20,23,25H,4-7,10-11H2,1-3H3. The highest BCUT2D eigenvalue weighted by atomic mass is 16.6. The SMILES string of the molecule is CCOCCOC(=O)C1=C(C)NC2=C(C(=O)CCC2)C1c1ccc(OC)c(O)c1. The Balaban J connectivity index is 2.02. The van der Waals surface area contributed by atoms with Crippen LogP contribution in [0.3, 0.4) is 0 Å². The predicted octanol–water partition coefficient (Wildman–Crippen LogP) is 2.95. The van der Waals surface area contributed by atoms with Gasteiger partial charge >= 0.3 is 5.97 Å². The molecule has 0 amide bonds. The molecule has 1 atom stereocenters. The number of benzene rings is 1. The third kappa shape index (κ3) is 4.29. The summed E-state index contributed by atoms with van der Waals surface area (Å²) in [6.07, 6.45) is 1.95. The number of rotatable bonds is 7. The van der Waals surface area contributed by atoms with E-state index in [0.29, 0.717) is 47.8 Å². The van der Waals surface area contributed by atoms with Crippen molar-refractivity contribution in [1.29, 1.82) is 0 Å². The van der Waals surface area contributed by atoms with Crippen LogP contribution >= 0.6 is 0 Å². The number of dihydropyridines is 1. The van der Waals surface area contributed by atoms with Crippen molar-refractivity contribution in [3.8, 4) is 11.5 Å². The predicted molar refractivity (Wildman–Crippen MR) is 107 cm³/mol. The summed E-state index contributed by atoms with van der Waals surface area (Å²) in [6.45, 7) is 4.65. The minimum absolute atomic E-state index is 0.00572. The quantitative estimate of drug-likeness (QED) is 0.536. The Bertz CT molecular complexity index is 870. The number of aromatic hydroxyl groups is 1. The van der Waals surface area contributed by atoms with Gasteiger partial charge in [0.25, 0.3) is 0 Å². The van der Waals surface area contributed by atoms with Crippen LogP contribution < -0.4 is 10.1 Å². The topological polar surface area (TPSA) is 94.1 Å². The van der Waals surface area contributed by atoms with E-state index in [9.17, 15) is 14.7 Å². The number of nitrogens with one attached hydrogen (secondary N) is 1. The van der Waals surface area contributed by atoms with Crippen LogP contribution in [0.4, 0.5) is 0 Å². The average Bonchev–Trinajstić information content (AvgIpc) is 2.70. The molecule has 1 aromatic rings. The van der Waals surface area contributed by atoms with E-state index in [1.165, 1.54) is 7.11 Å². The third-order valence-electron chi connectivity index (χ3n) is 5.20. The number of hydrogen-bond donors (Lipinski definition) is 2. The molecule has 1 aromatic carbocycles. The van der Waals surface area contributed by atoms with Gasteiger partial charge in [-0.1, -0.05) is 6.07 Å². The first-order chi connectivity index (χ1) is 14.0. The van der Waals surface area contributed by atoms with E-state index in [2.05, 4.69) is 5.32 Å². The molecule has 156 valence electrons. The molecule has 0 saturated heterocycles. The number of phenolic OH excluding ortho intramolecular Hbond substituents is 1. The Hall–Kier alpha value is -2.80. The van der Waals surface area contributed by atoms with Crippen LogP contribution in [-0.2, 0) is 19.1 Å². The summed E-state index contributed by atoms with van der Waals surface area (Å²) in [5, 5.41) is 13.5. The Morgan fingerprint density at radius 1 is 1.28 bits per heavy atom. The lowest BCUT2D eigenvalue weighted by atomic mass is 9.75. The molecule has 7 nitrogen and oxygen atoms in total. The summed E-state index contributed by atoms with van der Waals surface area (Å²) in [5.74, 6) is -0.814. The van der Waals surface area contributed by atoms with Crippen molar-refractivity contribution >= 4 is 11.8 Å². The molecule has 3 rings (SSSR count). The lowest BCUT2D eigenvalue weighted by Gasteiger charge is -2.34. The highest BCUT2D eigenvalue weighted by molar-refractivity contribution is 6.03. The van der Waals surface area contributed by atoms with Crippen LogP contribution in [-0.4, -0.2) is 43.8 Å². The molecule has 1 unspecified atom stereocenters. The van der Waals surface area contributed by atoms with Gasteiger partial charge in [-0.05, 0) is 44.4 Å². The van der Waals surface area contributed by atoms with Gasteiger partial charge in [0.2, 0.25) is 0 Å². The molecule has 1 heterocycles.